The second-order valence-electron chi connectivity index (χ2n) is 7.03. The Morgan fingerprint density at radius 3 is 2.37 bits per heavy atom. The molecule has 0 aliphatic carbocycles. The number of nitrogens with zero attached hydrogens (tertiary/aromatic N) is 1. The molecule has 2 aromatic rings. The zero-order chi connectivity index (χ0) is 19.0. The summed E-state index contributed by atoms with van der Waals surface area (Å²) < 4.78 is 33.0. The number of hydrogen-bond acceptors (Lipinski definition) is 4. The Labute approximate surface area is 162 Å². The fourth-order valence-corrected chi connectivity index (χ4v) is 4.66. The van der Waals surface area contributed by atoms with Crippen molar-refractivity contribution in [3.05, 3.63) is 71.8 Å². The van der Waals surface area contributed by atoms with Gasteiger partial charge in [-0.05, 0) is 24.0 Å². The van der Waals surface area contributed by atoms with Crippen LogP contribution in [0.3, 0.4) is 0 Å². The minimum absolute atomic E-state index is 0.00366. The third-order valence-electron chi connectivity index (χ3n) is 4.68. The van der Waals surface area contributed by atoms with Gasteiger partial charge in [-0.3, -0.25) is 4.90 Å². The van der Waals surface area contributed by atoms with Crippen LogP contribution in [0, 0.1) is 0 Å². The first-order valence-corrected chi connectivity index (χ1v) is 11.1. The lowest BCUT2D eigenvalue weighted by Crippen LogP contribution is -2.38. The molecule has 1 saturated heterocycles. The molecule has 146 valence electrons. The van der Waals surface area contributed by atoms with Crippen LogP contribution in [0.15, 0.2) is 60.7 Å². The summed E-state index contributed by atoms with van der Waals surface area (Å²) in [6.07, 6.45) is 1.36. The van der Waals surface area contributed by atoms with E-state index in [2.05, 4.69) is 21.8 Å². The van der Waals surface area contributed by atoms with Gasteiger partial charge in [-0.2, -0.15) is 0 Å². The summed E-state index contributed by atoms with van der Waals surface area (Å²) in [5, 5.41) is 0. The summed E-state index contributed by atoms with van der Waals surface area (Å²) in [5.74, 6) is 0.108. The number of hydrogen-bond donors (Lipinski definition) is 1. The van der Waals surface area contributed by atoms with Gasteiger partial charge >= 0.3 is 0 Å². The van der Waals surface area contributed by atoms with Gasteiger partial charge in [-0.25, -0.2) is 13.1 Å². The van der Waals surface area contributed by atoms with Gasteiger partial charge in [0.25, 0.3) is 0 Å². The Kier molecular flexibility index (Phi) is 7.41. The Bertz CT molecular complexity index is 782. The van der Waals surface area contributed by atoms with E-state index in [0.29, 0.717) is 19.6 Å². The molecule has 0 saturated carbocycles. The molecule has 1 N–H and O–H groups in total. The first-order valence-electron chi connectivity index (χ1n) is 9.49. The Morgan fingerprint density at radius 1 is 1.00 bits per heavy atom. The highest BCUT2D eigenvalue weighted by molar-refractivity contribution is 7.89. The highest BCUT2D eigenvalue weighted by atomic mass is 32.2. The van der Waals surface area contributed by atoms with Crippen molar-refractivity contribution in [2.75, 3.05) is 25.4 Å². The monoisotopic (exact) mass is 388 g/mol. The van der Waals surface area contributed by atoms with Crippen LogP contribution in [0.2, 0.25) is 0 Å². The lowest BCUT2D eigenvalue weighted by Gasteiger charge is -2.17. The Hall–Kier alpha value is -1.73. The third-order valence-corrected chi connectivity index (χ3v) is 6.20. The van der Waals surface area contributed by atoms with E-state index in [9.17, 15) is 8.42 Å². The first-order chi connectivity index (χ1) is 13.1. The summed E-state index contributed by atoms with van der Waals surface area (Å²) in [4.78, 5) is 2.30. The van der Waals surface area contributed by atoms with Crippen LogP contribution in [0.1, 0.15) is 24.0 Å². The molecule has 0 spiro atoms. The lowest BCUT2D eigenvalue weighted by atomic mass is 10.2. The summed E-state index contributed by atoms with van der Waals surface area (Å²) in [6.45, 7) is 3.51. The van der Waals surface area contributed by atoms with Gasteiger partial charge in [0, 0.05) is 32.3 Å². The largest absolute Gasteiger partial charge is 0.377 e. The summed E-state index contributed by atoms with van der Waals surface area (Å²) in [7, 11) is -3.26. The Balaban J connectivity index is 1.33. The molecule has 1 heterocycles. The zero-order valence-corrected chi connectivity index (χ0v) is 16.4. The van der Waals surface area contributed by atoms with Crippen molar-refractivity contribution < 1.29 is 13.2 Å². The molecule has 2 aromatic carbocycles. The molecule has 0 aromatic heterocycles. The molecule has 1 fully saturated rings. The molecule has 1 aliphatic heterocycles. The molecule has 6 heteroatoms. The van der Waals surface area contributed by atoms with Crippen LogP contribution in [0.25, 0.3) is 0 Å². The van der Waals surface area contributed by atoms with Crippen molar-refractivity contribution in [2.45, 2.75) is 32.0 Å². The fraction of sp³-hybridized carbons (Fsp3) is 0.429. The average Bonchev–Trinajstić information content (AvgIpc) is 3.09. The van der Waals surface area contributed by atoms with Crippen molar-refractivity contribution in [1.82, 2.24) is 9.62 Å². The van der Waals surface area contributed by atoms with Gasteiger partial charge in [0.15, 0.2) is 0 Å². The minimum Gasteiger partial charge on any atom is -0.377 e. The summed E-state index contributed by atoms with van der Waals surface area (Å²) >= 11 is 0. The maximum atomic E-state index is 12.3. The van der Waals surface area contributed by atoms with Gasteiger partial charge in [-0.1, -0.05) is 60.7 Å². The van der Waals surface area contributed by atoms with Gasteiger partial charge < -0.3 is 4.74 Å². The predicted octanol–water partition coefficient (Wildman–Crippen LogP) is 2.79. The van der Waals surface area contributed by atoms with E-state index < -0.39 is 10.0 Å². The SMILES string of the molecule is O=S(=O)(CCCOCc1ccccc1)N[C@@H]1CCN(Cc2ccccc2)C1. The van der Waals surface area contributed by atoms with Crippen molar-refractivity contribution in [3.63, 3.8) is 0 Å². The topological polar surface area (TPSA) is 58.6 Å². The van der Waals surface area contributed by atoms with Crippen LogP contribution in [0.5, 0.6) is 0 Å². The van der Waals surface area contributed by atoms with E-state index in [1.807, 2.05) is 48.5 Å². The van der Waals surface area contributed by atoms with Gasteiger partial charge in [0.1, 0.15) is 0 Å². The highest BCUT2D eigenvalue weighted by Gasteiger charge is 2.26. The van der Waals surface area contributed by atoms with Crippen molar-refractivity contribution >= 4 is 10.0 Å². The molecule has 3 rings (SSSR count). The predicted molar refractivity (Wildman–Crippen MR) is 108 cm³/mol. The van der Waals surface area contributed by atoms with Crippen LogP contribution in [0.4, 0.5) is 0 Å². The normalized spacial score (nSPS) is 18.0. The number of likely N-dealkylation sites (tertiary alicyclic amines) is 1. The minimum atomic E-state index is -3.26. The van der Waals surface area contributed by atoms with Crippen LogP contribution in [-0.2, 0) is 27.9 Å². The van der Waals surface area contributed by atoms with Gasteiger partial charge in [0.2, 0.25) is 10.0 Å². The lowest BCUT2D eigenvalue weighted by molar-refractivity contribution is 0.122. The van der Waals surface area contributed by atoms with Crippen LogP contribution >= 0.6 is 0 Å². The summed E-state index contributed by atoms with van der Waals surface area (Å²) in [5.41, 5.74) is 2.36. The molecule has 27 heavy (non-hydrogen) atoms. The van der Waals surface area contributed by atoms with Crippen LogP contribution < -0.4 is 4.72 Å². The first kappa shape index (κ1) is 20.0. The molecule has 5 nitrogen and oxygen atoms in total. The van der Waals surface area contributed by atoms with Gasteiger partial charge in [-0.15, -0.1) is 0 Å². The zero-order valence-electron chi connectivity index (χ0n) is 15.6. The van der Waals surface area contributed by atoms with E-state index in [-0.39, 0.29) is 11.8 Å². The molecule has 0 bridgehead atoms. The quantitative estimate of drug-likeness (QED) is 0.636. The molecular formula is C21H28N2O3S. The van der Waals surface area contributed by atoms with Crippen LogP contribution in [-0.4, -0.2) is 44.8 Å². The maximum Gasteiger partial charge on any atom is 0.211 e. The second-order valence-corrected chi connectivity index (χ2v) is 8.91. The second kappa shape index (κ2) is 9.99. The van der Waals surface area contributed by atoms with Gasteiger partial charge in [0.05, 0.1) is 12.4 Å². The van der Waals surface area contributed by atoms with Crippen molar-refractivity contribution in [2.24, 2.45) is 0 Å². The van der Waals surface area contributed by atoms with E-state index in [1.165, 1.54) is 5.56 Å². The smallest absolute Gasteiger partial charge is 0.211 e. The summed E-state index contributed by atoms with van der Waals surface area (Å²) in [6, 6.07) is 20.2. The van der Waals surface area contributed by atoms with E-state index >= 15 is 0 Å². The van der Waals surface area contributed by atoms with Crippen molar-refractivity contribution in [3.8, 4) is 0 Å². The van der Waals surface area contributed by atoms with E-state index in [1.54, 1.807) is 0 Å². The van der Waals surface area contributed by atoms with E-state index in [0.717, 1.165) is 31.6 Å². The van der Waals surface area contributed by atoms with E-state index in [4.69, 9.17) is 4.74 Å². The molecule has 1 aliphatic rings. The molecular weight excluding hydrogens is 360 g/mol. The van der Waals surface area contributed by atoms with Crippen molar-refractivity contribution in [1.29, 1.82) is 0 Å². The number of ether oxygens (including phenoxy) is 1. The third kappa shape index (κ3) is 7.07. The average molecular weight is 389 g/mol. The number of rotatable bonds is 10. The highest BCUT2D eigenvalue weighted by Crippen LogP contribution is 2.14. The number of nitrogens with one attached hydrogen (secondary N) is 1. The molecule has 0 radical (unpaired) electrons. The molecule has 0 unspecified atom stereocenters. The molecule has 0 amide bonds. The number of sulfonamides is 1. The Morgan fingerprint density at radius 2 is 1.67 bits per heavy atom. The standard InChI is InChI=1S/C21H28N2O3S/c24-27(25,15-7-14-26-18-20-10-5-2-6-11-20)22-21-12-13-23(17-21)16-19-8-3-1-4-9-19/h1-6,8-11,21-22H,7,12-18H2/t21-/m1/s1. The number of benzene rings is 2. The molecule has 1 atom stereocenters. The maximum absolute atomic E-state index is 12.3. The fourth-order valence-electron chi connectivity index (χ4n) is 3.34.